The molecule has 0 radical (unpaired) electrons. The first-order valence-corrected chi connectivity index (χ1v) is 10.2. The highest BCUT2D eigenvalue weighted by Crippen LogP contribution is 2.35. The summed E-state index contributed by atoms with van der Waals surface area (Å²) in [5.74, 6) is -0.685. The third kappa shape index (κ3) is 4.40. The lowest BCUT2D eigenvalue weighted by molar-refractivity contribution is -0.122. The Bertz CT molecular complexity index is 1050. The number of nitrogens with one attached hydrogen (secondary N) is 1. The largest absolute Gasteiger partial charge is 0.507 e. The van der Waals surface area contributed by atoms with Crippen molar-refractivity contribution in [3.05, 3.63) is 51.1 Å². The molecular formula is C21H19IN2O6. The average Bonchev–Trinajstić information content (AvgIpc) is 2.70. The highest BCUT2D eigenvalue weighted by atomic mass is 127. The smallest absolute Gasteiger partial charge is 0.336 e. The van der Waals surface area contributed by atoms with E-state index in [1.54, 1.807) is 31.2 Å². The van der Waals surface area contributed by atoms with Crippen molar-refractivity contribution in [2.75, 3.05) is 18.1 Å². The van der Waals surface area contributed by atoms with Gasteiger partial charge in [-0.2, -0.15) is 0 Å². The molecule has 0 unspecified atom stereocenters. The molecule has 3 rings (SSSR count). The summed E-state index contributed by atoms with van der Waals surface area (Å²) >= 11 is 1.94. The predicted molar refractivity (Wildman–Crippen MR) is 119 cm³/mol. The zero-order chi connectivity index (χ0) is 21.8. The number of carbonyl (C=O) groups is 3. The molecule has 2 aromatic carbocycles. The number of urea groups is 1. The Balaban J connectivity index is 2.04. The standard InChI is InChI=1S/C21H19IN2O6/c1-3-29-13-6-7-16(18(11-13)30-4-2)24-20(27)14(19(26)23-21(24)28)9-12-5-8-17(25)15(22)10-12/h5-11,25H,3-4H2,1-2H3,(H,23,26,28)/b14-9+. The predicted octanol–water partition coefficient (Wildman–Crippen LogP) is 3.46. The van der Waals surface area contributed by atoms with Crippen LogP contribution in [0, 0.1) is 3.57 Å². The van der Waals surface area contributed by atoms with Crippen LogP contribution in [0.2, 0.25) is 0 Å². The molecule has 1 fully saturated rings. The summed E-state index contributed by atoms with van der Waals surface area (Å²) in [5.41, 5.74) is 0.510. The van der Waals surface area contributed by atoms with Gasteiger partial charge in [-0.25, -0.2) is 9.69 Å². The maximum Gasteiger partial charge on any atom is 0.336 e. The SMILES string of the molecule is CCOc1ccc(N2C(=O)NC(=O)/C(=C\c3ccc(O)c(I)c3)C2=O)c(OCC)c1. The highest BCUT2D eigenvalue weighted by molar-refractivity contribution is 14.1. The van der Waals surface area contributed by atoms with Crippen LogP contribution >= 0.6 is 22.6 Å². The second-order valence-electron chi connectivity index (χ2n) is 6.16. The van der Waals surface area contributed by atoms with Gasteiger partial charge in [0.2, 0.25) is 0 Å². The molecule has 0 bridgehead atoms. The van der Waals surface area contributed by atoms with Gasteiger partial charge >= 0.3 is 6.03 Å². The van der Waals surface area contributed by atoms with Crippen LogP contribution < -0.4 is 19.7 Å². The normalized spacial score (nSPS) is 15.4. The summed E-state index contributed by atoms with van der Waals surface area (Å²) in [4.78, 5) is 38.8. The Hall–Kier alpha value is -3.08. The first kappa shape index (κ1) is 21.6. The monoisotopic (exact) mass is 522 g/mol. The van der Waals surface area contributed by atoms with Crippen molar-refractivity contribution in [3.63, 3.8) is 0 Å². The number of ether oxygens (including phenoxy) is 2. The average molecular weight is 522 g/mol. The molecule has 1 saturated heterocycles. The highest BCUT2D eigenvalue weighted by Gasteiger charge is 2.38. The van der Waals surface area contributed by atoms with E-state index in [0.717, 1.165) is 4.90 Å². The van der Waals surface area contributed by atoms with E-state index >= 15 is 0 Å². The maximum atomic E-state index is 13.1. The first-order chi connectivity index (χ1) is 14.3. The zero-order valence-corrected chi connectivity index (χ0v) is 18.4. The van der Waals surface area contributed by atoms with Crippen molar-refractivity contribution < 1.29 is 29.0 Å². The molecule has 0 saturated carbocycles. The molecule has 1 aliphatic rings. The van der Waals surface area contributed by atoms with E-state index in [-0.39, 0.29) is 22.8 Å². The lowest BCUT2D eigenvalue weighted by Gasteiger charge is -2.28. The van der Waals surface area contributed by atoms with Gasteiger partial charge in [0.1, 0.15) is 22.8 Å². The number of imide groups is 2. The molecule has 30 heavy (non-hydrogen) atoms. The zero-order valence-electron chi connectivity index (χ0n) is 16.3. The van der Waals surface area contributed by atoms with E-state index in [1.807, 2.05) is 29.5 Å². The van der Waals surface area contributed by atoms with Crippen LogP contribution in [0.25, 0.3) is 6.08 Å². The number of anilines is 1. The second-order valence-corrected chi connectivity index (χ2v) is 7.33. The molecule has 4 amide bonds. The number of aromatic hydroxyl groups is 1. The Morgan fingerprint density at radius 1 is 1.07 bits per heavy atom. The summed E-state index contributed by atoms with van der Waals surface area (Å²) in [7, 11) is 0. The van der Waals surface area contributed by atoms with Crippen LogP contribution in [0.15, 0.2) is 42.0 Å². The van der Waals surface area contributed by atoms with E-state index in [4.69, 9.17) is 9.47 Å². The molecule has 0 atom stereocenters. The van der Waals surface area contributed by atoms with Gasteiger partial charge in [0, 0.05) is 6.07 Å². The molecule has 0 aliphatic carbocycles. The number of hydrogen-bond acceptors (Lipinski definition) is 6. The molecule has 156 valence electrons. The van der Waals surface area contributed by atoms with E-state index in [9.17, 15) is 19.5 Å². The van der Waals surface area contributed by atoms with Crippen LogP contribution in [0.5, 0.6) is 17.2 Å². The Morgan fingerprint density at radius 2 is 1.80 bits per heavy atom. The van der Waals surface area contributed by atoms with Gasteiger partial charge in [-0.05, 0) is 72.3 Å². The van der Waals surface area contributed by atoms with Gasteiger partial charge in [-0.15, -0.1) is 0 Å². The minimum atomic E-state index is -0.868. The number of barbiturate groups is 1. The fraction of sp³-hybridized carbons (Fsp3) is 0.190. The van der Waals surface area contributed by atoms with Crippen molar-refractivity contribution in [1.29, 1.82) is 0 Å². The van der Waals surface area contributed by atoms with Crippen molar-refractivity contribution in [1.82, 2.24) is 5.32 Å². The fourth-order valence-electron chi connectivity index (χ4n) is 2.86. The lowest BCUT2D eigenvalue weighted by Crippen LogP contribution is -2.54. The van der Waals surface area contributed by atoms with Crippen LogP contribution in [-0.4, -0.2) is 36.2 Å². The van der Waals surface area contributed by atoms with Gasteiger partial charge in [0.15, 0.2) is 0 Å². The van der Waals surface area contributed by atoms with Gasteiger partial charge in [-0.1, -0.05) is 6.07 Å². The first-order valence-electron chi connectivity index (χ1n) is 9.15. The van der Waals surface area contributed by atoms with Crippen molar-refractivity contribution in [3.8, 4) is 17.2 Å². The maximum absolute atomic E-state index is 13.1. The van der Waals surface area contributed by atoms with Gasteiger partial charge < -0.3 is 14.6 Å². The third-order valence-electron chi connectivity index (χ3n) is 4.17. The van der Waals surface area contributed by atoms with E-state index in [1.165, 1.54) is 18.2 Å². The van der Waals surface area contributed by atoms with Crippen molar-refractivity contribution in [2.24, 2.45) is 0 Å². The van der Waals surface area contributed by atoms with Gasteiger partial charge in [0.25, 0.3) is 11.8 Å². The van der Waals surface area contributed by atoms with Crippen molar-refractivity contribution in [2.45, 2.75) is 13.8 Å². The summed E-state index contributed by atoms with van der Waals surface area (Å²) in [6, 6.07) is 8.51. The van der Waals surface area contributed by atoms with E-state index < -0.39 is 17.8 Å². The molecule has 1 heterocycles. The van der Waals surface area contributed by atoms with Crippen LogP contribution in [0.4, 0.5) is 10.5 Å². The summed E-state index contributed by atoms with van der Waals surface area (Å²) in [6.45, 7) is 4.36. The van der Waals surface area contributed by atoms with E-state index in [0.29, 0.717) is 28.1 Å². The lowest BCUT2D eigenvalue weighted by atomic mass is 10.1. The molecule has 8 nitrogen and oxygen atoms in total. The number of hydrogen-bond donors (Lipinski definition) is 2. The molecule has 2 aromatic rings. The molecule has 2 N–H and O–H groups in total. The van der Waals surface area contributed by atoms with Gasteiger partial charge in [-0.3, -0.25) is 14.9 Å². The minimum Gasteiger partial charge on any atom is -0.507 e. The number of rotatable bonds is 6. The number of amides is 4. The quantitative estimate of drug-likeness (QED) is 0.342. The molecular weight excluding hydrogens is 503 g/mol. The third-order valence-corrected chi connectivity index (χ3v) is 5.03. The molecule has 0 aromatic heterocycles. The van der Waals surface area contributed by atoms with Crippen LogP contribution in [0.1, 0.15) is 19.4 Å². The molecule has 1 aliphatic heterocycles. The number of nitrogens with zero attached hydrogens (tertiary/aromatic N) is 1. The Labute approximate surface area is 186 Å². The summed E-state index contributed by atoms with van der Waals surface area (Å²) in [5, 5.41) is 11.9. The Morgan fingerprint density at radius 3 is 2.47 bits per heavy atom. The number of phenolic OH excluding ortho intramolecular Hbond substituents is 1. The number of halogens is 1. The topological polar surface area (TPSA) is 105 Å². The van der Waals surface area contributed by atoms with Crippen molar-refractivity contribution >= 4 is 52.2 Å². The van der Waals surface area contributed by atoms with E-state index in [2.05, 4.69) is 5.32 Å². The molecule has 9 heteroatoms. The number of phenols is 1. The van der Waals surface area contributed by atoms with Crippen LogP contribution in [-0.2, 0) is 9.59 Å². The number of carbonyl (C=O) groups excluding carboxylic acids is 3. The molecule has 0 spiro atoms. The number of benzene rings is 2. The Kier molecular flexibility index (Phi) is 6.60. The fourth-order valence-corrected chi connectivity index (χ4v) is 3.40. The summed E-state index contributed by atoms with van der Waals surface area (Å²) in [6.07, 6.45) is 1.37. The van der Waals surface area contributed by atoms with Crippen LogP contribution in [0.3, 0.4) is 0 Å². The minimum absolute atomic E-state index is 0.0877. The second kappa shape index (κ2) is 9.16. The van der Waals surface area contributed by atoms with Gasteiger partial charge in [0.05, 0.1) is 22.5 Å². The summed E-state index contributed by atoms with van der Waals surface area (Å²) < 4.78 is 11.6.